The molecule has 1 aromatic rings. The molecular weight excluding hydrogens is 258 g/mol. The zero-order valence-corrected chi connectivity index (χ0v) is 12.1. The predicted octanol–water partition coefficient (Wildman–Crippen LogP) is 3.24. The number of hydrogen-bond donors (Lipinski definition) is 1. The van der Waals surface area contributed by atoms with E-state index in [0.717, 1.165) is 19.3 Å². The lowest BCUT2D eigenvalue weighted by Crippen LogP contribution is -2.30. The van der Waals surface area contributed by atoms with Crippen molar-refractivity contribution in [3.63, 3.8) is 0 Å². The van der Waals surface area contributed by atoms with Crippen LogP contribution >= 0.6 is 0 Å². The molecule has 1 aromatic heterocycles. The van der Waals surface area contributed by atoms with Crippen molar-refractivity contribution in [2.24, 2.45) is 11.8 Å². The van der Waals surface area contributed by atoms with Gasteiger partial charge in [0, 0.05) is 18.2 Å². The molecule has 3 atom stereocenters. The van der Waals surface area contributed by atoms with Gasteiger partial charge >= 0.3 is 5.69 Å². The quantitative estimate of drug-likeness (QED) is 0.676. The van der Waals surface area contributed by atoms with Crippen LogP contribution in [0, 0.1) is 22.0 Å². The van der Waals surface area contributed by atoms with Crippen LogP contribution in [0.1, 0.15) is 33.1 Å². The van der Waals surface area contributed by atoms with E-state index in [1.54, 1.807) is 0 Å². The summed E-state index contributed by atoms with van der Waals surface area (Å²) in [7, 11) is 1.50. The number of aromatic nitrogens is 1. The first kappa shape index (κ1) is 14.6. The molecule has 20 heavy (non-hydrogen) atoms. The van der Waals surface area contributed by atoms with E-state index in [1.165, 1.54) is 19.2 Å². The Bertz CT molecular complexity index is 493. The Hall–Kier alpha value is -1.85. The first-order valence-electron chi connectivity index (χ1n) is 6.97. The number of pyridine rings is 1. The molecule has 0 saturated heterocycles. The molecule has 2 rings (SSSR count). The highest BCUT2D eigenvalue weighted by molar-refractivity contribution is 5.57. The summed E-state index contributed by atoms with van der Waals surface area (Å²) in [4.78, 5) is 14.8. The van der Waals surface area contributed by atoms with Crippen LogP contribution in [0.15, 0.2) is 12.1 Å². The summed E-state index contributed by atoms with van der Waals surface area (Å²) >= 11 is 0. The fourth-order valence-corrected chi connectivity index (χ4v) is 2.67. The molecule has 6 heteroatoms. The van der Waals surface area contributed by atoms with E-state index >= 15 is 0 Å². The molecule has 6 nitrogen and oxygen atoms in total. The summed E-state index contributed by atoms with van der Waals surface area (Å²) in [5.41, 5.74) is -0.00271. The summed E-state index contributed by atoms with van der Waals surface area (Å²) in [6.45, 7) is 4.49. The van der Waals surface area contributed by atoms with Crippen LogP contribution in [0.25, 0.3) is 0 Å². The minimum absolute atomic E-state index is 0.00271. The SMILES string of the molecule is COc1ccc([N+](=O)[O-])c(NC2CCC(C)C(C)C2)n1. The Morgan fingerprint density at radius 1 is 1.35 bits per heavy atom. The first-order chi connectivity index (χ1) is 9.51. The van der Waals surface area contributed by atoms with Crippen molar-refractivity contribution in [2.75, 3.05) is 12.4 Å². The highest BCUT2D eigenvalue weighted by Crippen LogP contribution is 2.33. The normalized spacial score (nSPS) is 26.1. The topological polar surface area (TPSA) is 77.3 Å². The lowest BCUT2D eigenvalue weighted by molar-refractivity contribution is -0.384. The van der Waals surface area contributed by atoms with Crippen LogP contribution in [0.4, 0.5) is 11.5 Å². The minimum atomic E-state index is -0.413. The molecule has 0 bridgehead atoms. The maximum absolute atomic E-state index is 11.1. The Morgan fingerprint density at radius 2 is 2.10 bits per heavy atom. The van der Waals surface area contributed by atoms with E-state index in [4.69, 9.17) is 4.74 Å². The second-order valence-electron chi connectivity index (χ2n) is 5.59. The summed E-state index contributed by atoms with van der Waals surface area (Å²) in [5.74, 6) is 2.02. The van der Waals surface area contributed by atoms with Crippen molar-refractivity contribution >= 4 is 11.5 Å². The van der Waals surface area contributed by atoms with Gasteiger partial charge in [0.1, 0.15) is 0 Å². The van der Waals surface area contributed by atoms with E-state index in [-0.39, 0.29) is 11.7 Å². The van der Waals surface area contributed by atoms with E-state index < -0.39 is 4.92 Å². The average molecular weight is 279 g/mol. The van der Waals surface area contributed by atoms with Gasteiger partial charge in [0.25, 0.3) is 0 Å². The van der Waals surface area contributed by atoms with Gasteiger partial charge in [-0.05, 0) is 31.1 Å². The lowest BCUT2D eigenvalue weighted by atomic mass is 9.79. The summed E-state index contributed by atoms with van der Waals surface area (Å²) in [6, 6.07) is 3.18. The Morgan fingerprint density at radius 3 is 2.70 bits per heavy atom. The van der Waals surface area contributed by atoms with Crippen LogP contribution in [-0.4, -0.2) is 23.1 Å². The van der Waals surface area contributed by atoms with E-state index in [0.29, 0.717) is 23.5 Å². The van der Waals surface area contributed by atoms with E-state index in [2.05, 4.69) is 24.1 Å². The van der Waals surface area contributed by atoms with Crippen molar-refractivity contribution in [1.82, 2.24) is 4.98 Å². The van der Waals surface area contributed by atoms with Crippen LogP contribution in [-0.2, 0) is 0 Å². The molecule has 1 heterocycles. The Balaban J connectivity index is 2.17. The monoisotopic (exact) mass is 279 g/mol. The minimum Gasteiger partial charge on any atom is -0.481 e. The van der Waals surface area contributed by atoms with Crippen LogP contribution < -0.4 is 10.1 Å². The van der Waals surface area contributed by atoms with E-state index in [9.17, 15) is 10.1 Å². The maximum atomic E-state index is 11.1. The van der Waals surface area contributed by atoms with Crippen molar-refractivity contribution in [3.05, 3.63) is 22.2 Å². The second-order valence-corrected chi connectivity index (χ2v) is 5.59. The van der Waals surface area contributed by atoms with Crippen molar-refractivity contribution < 1.29 is 9.66 Å². The molecule has 1 N–H and O–H groups in total. The third kappa shape index (κ3) is 3.18. The molecule has 1 fully saturated rings. The maximum Gasteiger partial charge on any atom is 0.311 e. The van der Waals surface area contributed by atoms with Gasteiger partial charge in [0.05, 0.1) is 12.0 Å². The third-order valence-corrected chi connectivity index (χ3v) is 4.19. The molecule has 1 aliphatic carbocycles. The smallest absolute Gasteiger partial charge is 0.311 e. The zero-order valence-electron chi connectivity index (χ0n) is 12.1. The standard InChI is InChI=1S/C14H21N3O3/c1-9-4-5-11(8-10(9)2)15-14-12(17(18)19)6-7-13(16-14)20-3/h6-7,9-11H,4-5,8H2,1-3H3,(H,15,16). The van der Waals surface area contributed by atoms with Gasteiger partial charge in [-0.3, -0.25) is 10.1 Å². The van der Waals surface area contributed by atoms with Crippen LogP contribution in [0.2, 0.25) is 0 Å². The fraction of sp³-hybridized carbons (Fsp3) is 0.643. The van der Waals surface area contributed by atoms with Gasteiger partial charge in [-0.2, -0.15) is 4.98 Å². The number of ether oxygens (including phenoxy) is 1. The summed E-state index contributed by atoms with van der Waals surface area (Å²) in [6.07, 6.45) is 3.16. The molecule has 0 radical (unpaired) electrons. The number of rotatable bonds is 4. The van der Waals surface area contributed by atoms with Gasteiger partial charge in [0.2, 0.25) is 11.7 Å². The molecule has 3 unspecified atom stereocenters. The molecule has 0 spiro atoms. The third-order valence-electron chi connectivity index (χ3n) is 4.19. The number of anilines is 1. The number of hydrogen-bond acceptors (Lipinski definition) is 5. The molecule has 0 aromatic carbocycles. The Kier molecular flexibility index (Phi) is 4.42. The van der Waals surface area contributed by atoms with E-state index in [1.807, 2.05) is 0 Å². The molecule has 110 valence electrons. The molecule has 0 aliphatic heterocycles. The Labute approximate surface area is 118 Å². The summed E-state index contributed by atoms with van der Waals surface area (Å²) < 4.78 is 5.04. The van der Waals surface area contributed by atoms with Gasteiger partial charge in [-0.1, -0.05) is 13.8 Å². The van der Waals surface area contributed by atoms with Gasteiger partial charge < -0.3 is 10.1 Å². The fourth-order valence-electron chi connectivity index (χ4n) is 2.67. The van der Waals surface area contributed by atoms with Crippen molar-refractivity contribution in [2.45, 2.75) is 39.2 Å². The number of nitrogens with zero attached hydrogens (tertiary/aromatic N) is 2. The molecular formula is C14H21N3O3. The lowest BCUT2D eigenvalue weighted by Gasteiger charge is -2.32. The zero-order chi connectivity index (χ0) is 14.7. The predicted molar refractivity (Wildman–Crippen MR) is 77.0 cm³/mol. The highest BCUT2D eigenvalue weighted by Gasteiger charge is 2.27. The largest absolute Gasteiger partial charge is 0.481 e. The van der Waals surface area contributed by atoms with Crippen molar-refractivity contribution in [1.29, 1.82) is 0 Å². The number of nitrogens with one attached hydrogen (secondary N) is 1. The van der Waals surface area contributed by atoms with Gasteiger partial charge in [-0.15, -0.1) is 0 Å². The highest BCUT2D eigenvalue weighted by atomic mass is 16.6. The number of nitro groups is 1. The summed E-state index contributed by atoms with van der Waals surface area (Å²) in [5, 5.41) is 14.3. The van der Waals surface area contributed by atoms with Crippen LogP contribution in [0.5, 0.6) is 5.88 Å². The molecule has 1 saturated carbocycles. The second kappa shape index (κ2) is 6.07. The number of methoxy groups -OCH3 is 1. The first-order valence-corrected chi connectivity index (χ1v) is 6.97. The van der Waals surface area contributed by atoms with Crippen molar-refractivity contribution in [3.8, 4) is 5.88 Å². The van der Waals surface area contributed by atoms with Gasteiger partial charge in [0.15, 0.2) is 0 Å². The molecule has 0 amide bonds. The van der Waals surface area contributed by atoms with Gasteiger partial charge in [-0.25, -0.2) is 0 Å². The molecule has 1 aliphatic rings. The van der Waals surface area contributed by atoms with Crippen LogP contribution in [0.3, 0.4) is 0 Å². The average Bonchev–Trinajstić information content (AvgIpc) is 2.42.